The number of hydrogen-bond acceptors (Lipinski definition) is 3. The second-order valence-corrected chi connectivity index (χ2v) is 3.46. The van der Waals surface area contributed by atoms with Crippen molar-refractivity contribution in [2.45, 2.75) is 12.8 Å². The van der Waals surface area contributed by atoms with E-state index >= 15 is 0 Å². The van der Waals surface area contributed by atoms with E-state index in [9.17, 15) is 0 Å². The van der Waals surface area contributed by atoms with Crippen molar-refractivity contribution in [3.8, 4) is 5.75 Å². The zero-order valence-corrected chi connectivity index (χ0v) is 8.79. The van der Waals surface area contributed by atoms with Gasteiger partial charge in [0, 0.05) is 12.5 Å². The Balaban J connectivity index is 2.29. The van der Waals surface area contributed by atoms with Gasteiger partial charge >= 0.3 is 0 Å². The summed E-state index contributed by atoms with van der Waals surface area (Å²) < 4.78 is 5.14. The normalized spacial score (nSPS) is 10.8. The molecule has 3 N–H and O–H groups in total. The lowest BCUT2D eigenvalue weighted by Crippen LogP contribution is -2.01. The monoisotopic (exact) mass is 205 g/mol. The smallest absolute Gasteiger partial charge is 0.121 e. The van der Waals surface area contributed by atoms with E-state index in [0.29, 0.717) is 6.54 Å². The second-order valence-electron chi connectivity index (χ2n) is 3.46. The number of nitrogens with zero attached hydrogens (tertiary/aromatic N) is 1. The predicted molar refractivity (Wildman–Crippen MR) is 60.0 cm³/mol. The molecule has 1 heterocycles. The van der Waals surface area contributed by atoms with Gasteiger partial charge in [-0.1, -0.05) is 0 Å². The lowest BCUT2D eigenvalue weighted by molar-refractivity contribution is 0.415. The van der Waals surface area contributed by atoms with Crippen molar-refractivity contribution in [1.82, 2.24) is 9.97 Å². The fourth-order valence-electron chi connectivity index (χ4n) is 1.56. The number of rotatable bonds is 4. The topological polar surface area (TPSA) is 63.9 Å². The first kappa shape index (κ1) is 9.98. The molecule has 0 aliphatic heterocycles. The lowest BCUT2D eigenvalue weighted by Gasteiger charge is -1.96. The molecule has 1 aromatic heterocycles. The molecule has 0 saturated heterocycles. The summed E-state index contributed by atoms with van der Waals surface area (Å²) in [6, 6.07) is 5.82. The molecule has 15 heavy (non-hydrogen) atoms. The number of methoxy groups -OCH3 is 1. The van der Waals surface area contributed by atoms with Gasteiger partial charge in [0.05, 0.1) is 18.1 Å². The van der Waals surface area contributed by atoms with Crippen molar-refractivity contribution >= 4 is 11.0 Å². The first-order valence-corrected chi connectivity index (χ1v) is 5.06. The van der Waals surface area contributed by atoms with Gasteiger partial charge in [-0.2, -0.15) is 0 Å². The van der Waals surface area contributed by atoms with Crippen LogP contribution in [0.4, 0.5) is 0 Å². The van der Waals surface area contributed by atoms with Crippen molar-refractivity contribution in [1.29, 1.82) is 0 Å². The maximum Gasteiger partial charge on any atom is 0.121 e. The zero-order valence-electron chi connectivity index (χ0n) is 8.79. The highest BCUT2D eigenvalue weighted by Crippen LogP contribution is 2.18. The molecule has 2 aromatic rings. The number of aryl methyl sites for hydroxylation is 1. The average Bonchev–Trinajstić information content (AvgIpc) is 2.67. The fourth-order valence-corrected chi connectivity index (χ4v) is 1.56. The number of nitrogens with one attached hydrogen (secondary N) is 1. The molecule has 1 aromatic carbocycles. The molecule has 0 saturated carbocycles. The quantitative estimate of drug-likeness (QED) is 0.794. The Morgan fingerprint density at radius 1 is 1.47 bits per heavy atom. The Bertz CT molecular complexity index is 450. The Morgan fingerprint density at radius 2 is 2.33 bits per heavy atom. The van der Waals surface area contributed by atoms with Crippen LogP contribution < -0.4 is 10.5 Å². The van der Waals surface area contributed by atoms with Crippen molar-refractivity contribution in [3.63, 3.8) is 0 Å². The maximum absolute atomic E-state index is 5.45. The highest BCUT2D eigenvalue weighted by Gasteiger charge is 2.03. The van der Waals surface area contributed by atoms with Crippen LogP contribution in [-0.2, 0) is 6.42 Å². The van der Waals surface area contributed by atoms with Crippen molar-refractivity contribution in [2.75, 3.05) is 13.7 Å². The van der Waals surface area contributed by atoms with Gasteiger partial charge in [-0.05, 0) is 25.1 Å². The first-order chi connectivity index (χ1) is 7.33. The summed E-state index contributed by atoms with van der Waals surface area (Å²) in [5.41, 5.74) is 7.44. The van der Waals surface area contributed by atoms with Gasteiger partial charge < -0.3 is 15.5 Å². The summed E-state index contributed by atoms with van der Waals surface area (Å²) in [7, 11) is 1.66. The summed E-state index contributed by atoms with van der Waals surface area (Å²) in [5, 5.41) is 0. The number of aromatic amines is 1. The molecule has 0 aliphatic carbocycles. The number of imidazole rings is 1. The van der Waals surface area contributed by atoms with Crippen LogP contribution in [-0.4, -0.2) is 23.6 Å². The average molecular weight is 205 g/mol. The summed E-state index contributed by atoms with van der Waals surface area (Å²) in [4.78, 5) is 7.72. The lowest BCUT2D eigenvalue weighted by atomic mass is 10.3. The highest BCUT2D eigenvalue weighted by atomic mass is 16.5. The maximum atomic E-state index is 5.45. The molecule has 0 fully saturated rings. The van der Waals surface area contributed by atoms with Gasteiger partial charge in [0.15, 0.2) is 0 Å². The molecule has 0 radical (unpaired) electrons. The number of ether oxygens (including phenoxy) is 1. The van der Waals surface area contributed by atoms with Gasteiger partial charge in [-0.25, -0.2) is 4.98 Å². The Hall–Kier alpha value is -1.55. The predicted octanol–water partition coefficient (Wildman–Crippen LogP) is 1.46. The molecule has 0 atom stereocenters. The molecule has 0 bridgehead atoms. The summed E-state index contributed by atoms with van der Waals surface area (Å²) in [6.45, 7) is 0.695. The Labute approximate surface area is 88.5 Å². The molecule has 0 amide bonds. The third-order valence-electron chi connectivity index (χ3n) is 2.36. The molecular formula is C11H15N3O. The van der Waals surface area contributed by atoms with E-state index < -0.39 is 0 Å². The van der Waals surface area contributed by atoms with Crippen LogP contribution in [0.2, 0.25) is 0 Å². The molecular weight excluding hydrogens is 190 g/mol. The number of aromatic nitrogens is 2. The Morgan fingerprint density at radius 3 is 3.07 bits per heavy atom. The first-order valence-electron chi connectivity index (χ1n) is 5.06. The van der Waals surface area contributed by atoms with Crippen molar-refractivity contribution in [3.05, 3.63) is 24.0 Å². The standard InChI is InChI=1S/C11H15N3O/c1-15-8-4-5-9-10(7-8)14-11(13-9)3-2-6-12/h4-5,7H,2-3,6,12H2,1H3,(H,13,14). The number of benzene rings is 1. The molecule has 0 aliphatic rings. The molecule has 0 unspecified atom stereocenters. The van der Waals surface area contributed by atoms with Crippen LogP contribution in [0.3, 0.4) is 0 Å². The van der Waals surface area contributed by atoms with Crippen LogP contribution in [0.25, 0.3) is 11.0 Å². The van der Waals surface area contributed by atoms with Gasteiger partial charge in [0.1, 0.15) is 11.6 Å². The number of H-pyrrole nitrogens is 1. The minimum atomic E-state index is 0.695. The Kier molecular flexibility index (Phi) is 2.87. The van der Waals surface area contributed by atoms with Crippen molar-refractivity contribution in [2.24, 2.45) is 5.73 Å². The number of hydrogen-bond donors (Lipinski definition) is 2. The van der Waals surface area contributed by atoms with E-state index in [1.807, 2.05) is 18.2 Å². The van der Waals surface area contributed by atoms with E-state index in [4.69, 9.17) is 10.5 Å². The van der Waals surface area contributed by atoms with E-state index in [2.05, 4.69) is 9.97 Å². The fraction of sp³-hybridized carbons (Fsp3) is 0.364. The van der Waals surface area contributed by atoms with Crippen LogP contribution in [0.5, 0.6) is 5.75 Å². The van der Waals surface area contributed by atoms with Crippen LogP contribution >= 0.6 is 0 Å². The number of nitrogens with two attached hydrogens (primary N) is 1. The van der Waals surface area contributed by atoms with Crippen LogP contribution in [0.1, 0.15) is 12.2 Å². The third kappa shape index (κ3) is 2.10. The molecule has 0 spiro atoms. The van der Waals surface area contributed by atoms with Gasteiger partial charge in [-0.3, -0.25) is 0 Å². The van der Waals surface area contributed by atoms with E-state index in [0.717, 1.165) is 35.4 Å². The van der Waals surface area contributed by atoms with Crippen LogP contribution in [0.15, 0.2) is 18.2 Å². The third-order valence-corrected chi connectivity index (χ3v) is 2.36. The largest absolute Gasteiger partial charge is 0.497 e. The summed E-state index contributed by atoms with van der Waals surface area (Å²) in [6.07, 6.45) is 1.85. The summed E-state index contributed by atoms with van der Waals surface area (Å²) >= 11 is 0. The molecule has 4 heteroatoms. The number of fused-ring (bicyclic) bond motifs is 1. The van der Waals surface area contributed by atoms with E-state index in [1.165, 1.54) is 0 Å². The van der Waals surface area contributed by atoms with Crippen LogP contribution in [0, 0.1) is 0 Å². The summed E-state index contributed by atoms with van der Waals surface area (Å²) in [5.74, 6) is 1.83. The SMILES string of the molecule is COc1ccc2nc(CCCN)[nH]c2c1. The molecule has 80 valence electrons. The van der Waals surface area contributed by atoms with Gasteiger partial charge in [0.2, 0.25) is 0 Å². The van der Waals surface area contributed by atoms with E-state index in [-0.39, 0.29) is 0 Å². The van der Waals surface area contributed by atoms with Gasteiger partial charge in [0.25, 0.3) is 0 Å². The van der Waals surface area contributed by atoms with Gasteiger partial charge in [-0.15, -0.1) is 0 Å². The molecule has 2 rings (SSSR count). The van der Waals surface area contributed by atoms with Crippen molar-refractivity contribution < 1.29 is 4.74 Å². The second kappa shape index (κ2) is 4.31. The minimum Gasteiger partial charge on any atom is -0.497 e. The molecule has 4 nitrogen and oxygen atoms in total. The van der Waals surface area contributed by atoms with E-state index in [1.54, 1.807) is 7.11 Å². The zero-order chi connectivity index (χ0) is 10.7. The minimum absolute atomic E-state index is 0.695. The highest BCUT2D eigenvalue weighted by molar-refractivity contribution is 5.76.